The maximum absolute atomic E-state index is 11.6. The number of amides is 1. The first-order chi connectivity index (χ1) is 7.90. The highest BCUT2D eigenvalue weighted by molar-refractivity contribution is 9.10. The van der Waals surface area contributed by atoms with Crippen molar-refractivity contribution in [1.82, 2.24) is 5.32 Å². The van der Waals surface area contributed by atoms with Gasteiger partial charge in [-0.1, -0.05) is 15.9 Å². The maximum Gasteiger partial charge on any atom is 0.271 e. The van der Waals surface area contributed by atoms with E-state index in [1.165, 1.54) is 25.1 Å². The van der Waals surface area contributed by atoms with Crippen LogP contribution in [0.3, 0.4) is 0 Å². The minimum absolute atomic E-state index is 0.0964. The number of carbonyl (C=O) groups is 1. The first-order valence-electron chi connectivity index (χ1n) is 4.81. The van der Waals surface area contributed by atoms with E-state index in [9.17, 15) is 14.9 Å². The molecule has 92 valence electrons. The number of aliphatic hydroxyl groups excluding tert-OH is 1. The van der Waals surface area contributed by atoms with Crippen molar-refractivity contribution in [3.05, 3.63) is 38.3 Å². The predicted octanol–water partition coefficient (Wildman–Crippen LogP) is 1.47. The van der Waals surface area contributed by atoms with Crippen LogP contribution < -0.4 is 5.32 Å². The number of nitro benzene ring substituents is 1. The number of aliphatic hydroxyl groups is 1. The van der Waals surface area contributed by atoms with Crippen LogP contribution in [0.25, 0.3) is 0 Å². The van der Waals surface area contributed by atoms with E-state index in [-0.39, 0.29) is 17.8 Å². The summed E-state index contributed by atoms with van der Waals surface area (Å²) >= 11 is 3.10. The average molecular weight is 303 g/mol. The van der Waals surface area contributed by atoms with E-state index in [4.69, 9.17) is 5.11 Å². The van der Waals surface area contributed by atoms with Crippen LogP contribution in [0.1, 0.15) is 17.3 Å². The van der Waals surface area contributed by atoms with E-state index in [1.54, 1.807) is 0 Å². The van der Waals surface area contributed by atoms with Crippen molar-refractivity contribution in [3.8, 4) is 0 Å². The average Bonchev–Trinajstić information content (AvgIpc) is 2.24. The molecule has 0 aliphatic heterocycles. The van der Waals surface area contributed by atoms with E-state index in [0.29, 0.717) is 4.47 Å². The molecule has 0 aliphatic carbocycles. The summed E-state index contributed by atoms with van der Waals surface area (Å²) in [6.45, 7) is 1.63. The molecule has 0 aromatic heterocycles. The summed E-state index contributed by atoms with van der Waals surface area (Å²) in [4.78, 5) is 21.6. The molecule has 1 aromatic rings. The van der Waals surface area contributed by atoms with Crippen molar-refractivity contribution in [2.75, 3.05) is 6.54 Å². The standard InChI is InChI=1S/C10H11BrN2O4/c1-6(14)5-12-10(15)7-2-8(11)4-9(3-7)13(16)17/h2-4,6,14H,5H2,1H3,(H,12,15)/t6-/m1/s1. The van der Waals surface area contributed by atoms with Crippen molar-refractivity contribution in [2.24, 2.45) is 0 Å². The third-order valence-corrected chi connectivity index (χ3v) is 2.37. The van der Waals surface area contributed by atoms with Crippen LogP contribution in [0.15, 0.2) is 22.7 Å². The number of non-ortho nitro benzene ring substituents is 1. The minimum atomic E-state index is -0.666. The molecular weight excluding hydrogens is 292 g/mol. The normalized spacial score (nSPS) is 11.9. The molecule has 1 amide bonds. The molecule has 0 spiro atoms. The Morgan fingerprint density at radius 3 is 2.76 bits per heavy atom. The van der Waals surface area contributed by atoms with Gasteiger partial charge in [0, 0.05) is 28.7 Å². The lowest BCUT2D eigenvalue weighted by Crippen LogP contribution is -2.30. The highest BCUT2D eigenvalue weighted by Crippen LogP contribution is 2.21. The minimum Gasteiger partial charge on any atom is -0.392 e. The predicted molar refractivity (Wildman–Crippen MR) is 64.8 cm³/mol. The number of nitro groups is 1. The fourth-order valence-electron chi connectivity index (χ4n) is 1.15. The van der Waals surface area contributed by atoms with Gasteiger partial charge in [0.25, 0.3) is 11.6 Å². The Hall–Kier alpha value is -1.47. The Balaban J connectivity index is 2.90. The van der Waals surface area contributed by atoms with Gasteiger partial charge >= 0.3 is 0 Å². The number of carbonyl (C=O) groups excluding carboxylic acids is 1. The molecule has 0 unspecified atom stereocenters. The summed E-state index contributed by atoms with van der Waals surface area (Å²) in [7, 11) is 0. The number of hydrogen-bond donors (Lipinski definition) is 2. The molecule has 0 aliphatic rings. The number of rotatable bonds is 4. The lowest BCUT2D eigenvalue weighted by atomic mass is 10.2. The molecule has 7 heteroatoms. The summed E-state index contributed by atoms with van der Waals surface area (Å²) in [6.07, 6.45) is -0.666. The molecule has 0 saturated carbocycles. The summed E-state index contributed by atoms with van der Waals surface area (Å²) in [5.74, 6) is -0.463. The Bertz CT molecular complexity index is 448. The molecule has 0 bridgehead atoms. The van der Waals surface area contributed by atoms with Crippen LogP contribution in [0.5, 0.6) is 0 Å². The Morgan fingerprint density at radius 2 is 2.24 bits per heavy atom. The summed E-state index contributed by atoms with van der Waals surface area (Å²) in [5, 5.41) is 22.1. The van der Waals surface area contributed by atoms with E-state index in [0.717, 1.165) is 0 Å². The van der Waals surface area contributed by atoms with Gasteiger partial charge in [-0.25, -0.2) is 0 Å². The number of nitrogens with one attached hydrogen (secondary N) is 1. The van der Waals surface area contributed by atoms with E-state index >= 15 is 0 Å². The lowest BCUT2D eigenvalue weighted by Gasteiger charge is -2.07. The van der Waals surface area contributed by atoms with Gasteiger partial charge < -0.3 is 10.4 Å². The van der Waals surface area contributed by atoms with Crippen LogP contribution >= 0.6 is 15.9 Å². The summed E-state index contributed by atoms with van der Waals surface area (Å²) in [5.41, 5.74) is 0.00768. The number of hydrogen-bond acceptors (Lipinski definition) is 4. The molecule has 0 radical (unpaired) electrons. The van der Waals surface area contributed by atoms with Crippen LogP contribution in [-0.4, -0.2) is 28.6 Å². The van der Waals surface area contributed by atoms with Gasteiger partial charge in [-0.2, -0.15) is 0 Å². The van der Waals surface area contributed by atoms with E-state index < -0.39 is 16.9 Å². The topological polar surface area (TPSA) is 92.5 Å². The van der Waals surface area contributed by atoms with Gasteiger partial charge in [0.1, 0.15) is 0 Å². The summed E-state index contributed by atoms with van der Waals surface area (Å²) < 4.78 is 0.453. The smallest absolute Gasteiger partial charge is 0.271 e. The molecule has 0 saturated heterocycles. The molecule has 1 rings (SSSR count). The molecule has 17 heavy (non-hydrogen) atoms. The van der Waals surface area contributed by atoms with Crippen molar-refractivity contribution < 1.29 is 14.8 Å². The van der Waals surface area contributed by atoms with E-state index in [1.807, 2.05) is 0 Å². The van der Waals surface area contributed by atoms with Crippen LogP contribution in [-0.2, 0) is 0 Å². The zero-order valence-electron chi connectivity index (χ0n) is 9.01. The Labute approximate surface area is 106 Å². The molecule has 1 aromatic carbocycles. The summed E-state index contributed by atoms with van der Waals surface area (Å²) in [6, 6.07) is 3.97. The fraction of sp³-hybridized carbons (Fsp3) is 0.300. The zero-order chi connectivity index (χ0) is 13.0. The van der Waals surface area contributed by atoms with Crippen molar-refractivity contribution >= 4 is 27.5 Å². The second-order valence-corrected chi connectivity index (χ2v) is 4.43. The monoisotopic (exact) mass is 302 g/mol. The molecule has 1 atom stereocenters. The fourth-order valence-corrected chi connectivity index (χ4v) is 1.63. The second-order valence-electron chi connectivity index (χ2n) is 3.51. The Kier molecular flexibility index (Phi) is 4.59. The molecule has 6 nitrogen and oxygen atoms in total. The SMILES string of the molecule is C[C@@H](O)CNC(=O)c1cc(Br)cc([N+](=O)[O-])c1. The first kappa shape index (κ1) is 13.6. The lowest BCUT2D eigenvalue weighted by molar-refractivity contribution is -0.385. The number of halogens is 1. The van der Waals surface area contributed by atoms with Gasteiger partial charge in [0.15, 0.2) is 0 Å². The van der Waals surface area contributed by atoms with Gasteiger partial charge in [0.2, 0.25) is 0 Å². The van der Waals surface area contributed by atoms with Gasteiger partial charge in [-0.15, -0.1) is 0 Å². The van der Waals surface area contributed by atoms with Gasteiger partial charge in [-0.3, -0.25) is 14.9 Å². The maximum atomic E-state index is 11.6. The third kappa shape index (κ3) is 4.12. The molecule has 0 fully saturated rings. The molecule has 2 N–H and O–H groups in total. The van der Waals surface area contributed by atoms with Gasteiger partial charge in [0.05, 0.1) is 11.0 Å². The van der Waals surface area contributed by atoms with Crippen LogP contribution in [0.4, 0.5) is 5.69 Å². The highest BCUT2D eigenvalue weighted by Gasteiger charge is 2.13. The third-order valence-electron chi connectivity index (χ3n) is 1.91. The van der Waals surface area contributed by atoms with Crippen molar-refractivity contribution in [2.45, 2.75) is 13.0 Å². The Morgan fingerprint density at radius 1 is 1.59 bits per heavy atom. The van der Waals surface area contributed by atoms with Crippen LogP contribution in [0.2, 0.25) is 0 Å². The van der Waals surface area contributed by atoms with Crippen molar-refractivity contribution in [3.63, 3.8) is 0 Å². The number of benzene rings is 1. The van der Waals surface area contributed by atoms with Crippen LogP contribution in [0, 0.1) is 10.1 Å². The van der Waals surface area contributed by atoms with E-state index in [2.05, 4.69) is 21.2 Å². The van der Waals surface area contributed by atoms with Crippen molar-refractivity contribution in [1.29, 1.82) is 0 Å². The largest absolute Gasteiger partial charge is 0.392 e. The molecular formula is C10H11BrN2O4. The van der Waals surface area contributed by atoms with Gasteiger partial charge in [-0.05, 0) is 13.0 Å². The number of nitrogens with zero attached hydrogens (tertiary/aromatic N) is 1. The highest BCUT2D eigenvalue weighted by atomic mass is 79.9. The second kappa shape index (κ2) is 5.74. The molecule has 0 heterocycles. The first-order valence-corrected chi connectivity index (χ1v) is 5.60. The quantitative estimate of drug-likeness (QED) is 0.650. The zero-order valence-corrected chi connectivity index (χ0v) is 10.6.